The summed E-state index contributed by atoms with van der Waals surface area (Å²) in [6, 6.07) is 22.1. The van der Waals surface area contributed by atoms with E-state index in [-0.39, 0.29) is 17.3 Å². The van der Waals surface area contributed by atoms with Crippen molar-refractivity contribution in [3.8, 4) is 29.6 Å². The minimum atomic E-state index is -1.97. The van der Waals surface area contributed by atoms with Crippen LogP contribution in [-0.2, 0) is 11.2 Å². The van der Waals surface area contributed by atoms with E-state index in [1.807, 2.05) is 61.5 Å². The van der Waals surface area contributed by atoms with Gasteiger partial charge in [-0.3, -0.25) is 0 Å². The van der Waals surface area contributed by atoms with Crippen molar-refractivity contribution in [1.29, 1.82) is 10.5 Å². The fraction of sp³-hybridized carbons (Fsp3) is 0.367. The van der Waals surface area contributed by atoms with Crippen molar-refractivity contribution in [3.05, 3.63) is 82.9 Å². The van der Waals surface area contributed by atoms with Crippen LogP contribution >= 0.6 is 0 Å². The first-order valence-electron chi connectivity index (χ1n) is 12.6. The molecule has 0 radical (unpaired) electrons. The van der Waals surface area contributed by atoms with Crippen LogP contribution in [0.3, 0.4) is 0 Å². The SMILES string of the molecule is COc1cc2c(c(OC)n1)[C@]1(O)[C@H](O)[C@H](CN(C)C)[C@@H](c3ccccc3)[C@]1(c1ccc(C(C#N)C#N)cc1)O2. The molecule has 1 aliphatic heterocycles. The van der Waals surface area contributed by atoms with E-state index in [2.05, 4.69) is 4.98 Å². The Balaban J connectivity index is 1.83. The highest BCUT2D eigenvalue weighted by molar-refractivity contribution is 5.60. The average molecular weight is 527 g/mol. The number of hydrogen-bond acceptors (Lipinski definition) is 9. The average Bonchev–Trinajstić information content (AvgIpc) is 3.32. The number of benzene rings is 2. The van der Waals surface area contributed by atoms with Gasteiger partial charge in [0.1, 0.15) is 5.75 Å². The van der Waals surface area contributed by atoms with Crippen molar-refractivity contribution >= 4 is 0 Å². The summed E-state index contributed by atoms with van der Waals surface area (Å²) in [6.45, 7) is 0.457. The predicted molar refractivity (Wildman–Crippen MR) is 141 cm³/mol. The minimum Gasteiger partial charge on any atom is -0.481 e. The molecule has 5 rings (SSSR count). The molecule has 2 aromatic carbocycles. The molecule has 1 aromatic heterocycles. The molecule has 1 saturated carbocycles. The quantitative estimate of drug-likeness (QED) is 0.477. The lowest BCUT2D eigenvalue weighted by molar-refractivity contribution is -0.152. The summed E-state index contributed by atoms with van der Waals surface area (Å²) in [6.07, 6.45) is -1.28. The Hall–Kier alpha value is -4.15. The molecule has 9 heteroatoms. The molecule has 2 heterocycles. The second-order valence-corrected chi connectivity index (χ2v) is 10.2. The van der Waals surface area contributed by atoms with Crippen molar-refractivity contribution in [3.63, 3.8) is 0 Å². The molecule has 0 spiro atoms. The van der Waals surface area contributed by atoms with Crippen molar-refractivity contribution in [1.82, 2.24) is 9.88 Å². The van der Waals surface area contributed by atoms with Gasteiger partial charge in [-0.15, -0.1) is 0 Å². The second-order valence-electron chi connectivity index (χ2n) is 10.2. The molecule has 2 N–H and O–H groups in total. The van der Waals surface area contributed by atoms with E-state index in [0.717, 1.165) is 5.56 Å². The first kappa shape index (κ1) is 26.5. The molecule has 0 bridgehead atoms. The third-order valence-electron chi connectivity index (χ3n) is 7.91. The molecule has 3 aromatic rings. The number of methoxy groups -OCH3 is 2. The fourth-order valence-corrected chi connectivity index (χ4v) is 6.39. The van der Waals surface area contributed by atoms with Crippen LogP contribution < -0.4 is 14.2 Å². The van der Waals surface area contributed by atoms with Crippen LogP contribution in [0.2, 0.25) is 0 Å². The normalized spacial score (nSPS) is 26.9. The van der Waals surface area contributed by atoms with Gasteiger partial charge in [-0.05, 0) is 30.8 Å². The second kappa shape index (κ2) is 9.87. The van der Waals surface area contributed by atoms with Crippen LogP contribution in [0.15, 0.2) is 60.7 Å². The van der Waals surface area contributed by atoms with E-state index in [0.29, 0.717) is 23.4 Å². The first-order chi connectivity index (χ1) is 18.8. The van der Waals surface area contributed by atoms with E-state index in [9.17, 15) is 20.7 Å². The molecule has 39 heavy (non-hydrogen) atoms. The van der Waals surface area contributed by atoms with Crippen LogP contribution in [0.4, 0.5) is 0 Å². The molecule has 9 nitrogen and oxygen atoms in total. The summed E-state index contributed by atoms with van der Waals surface area (Å²) < 4.78 is 17.8. The summed E-state index contributed by atoms with van der Waals surface area (Å²) in [5, 5.41) is 43.8. The zero-order valence-electron chi connectivity index (χ0n) is 22.2. The van der Waals surface area contributed by atoms with Gasteiger partial charge in [0.15, 0.2) is 17.1 Å². The lowest BCUT2D eigenvalue weighted by atomic mass is 9.70. The van der Waals surface area contributed by atoms with Crippen LogP contribution in [-0.4, -0.2) is 61.1 Å². The Morgan fingerprint density at radius 2 is 1.72 bits per heavy atom. The maximum atomic E-state index is 12.9. The van der Waals surface area contributed by atoms with Crippen molar-refractivity contribution in [2.24, 2.45) is 5.92 Å². The van der Waals surface area contributed by atoms with Crippen molar-refractivity contribution in [2.45, 2.75) is 29.1 Å². The van der Waals surface area contributed by atoms with Gasteiger partial charge < -0.3 is 29.3 Å². The van der Waals surface area contributed by atoms with Crippen LogP contribution in [0.25, 0.3) is 0 Å². The number of pyridine rings is 1. The number of rotatable bonds is 7. The summed E-state index contributed by atoms with van der Waals surface area (Å²) in [5.74, 6) is -1.29. The topological polar surface area (TPSA) is 132 Å². The Morgan fingerprint density at radius 3 is 2.28 bits per heavy atom. The smallest absolute Gasteiger partial charge is 0.226 e. The van der Waals surface area contributed by atoms with E-state index in [1.54, 1.807) is 30.3 Å². The number of nitriles is 2. The number of fused-ring (bicyclic) bond motifs is 3. The highest BCUT2D eigenvalue weighted by atomic mass is 16.5. The zero-order valence-corrected chi connectivity index (χ0v) is 22.2. The standard InChI is InChI=1S/C30H30N4O5/c1-34(2)17-22-25(19-8-6-5-7-9-19)30(21-12-10-18(11-13-21)20(15-31)16-32)29(36,27(22)35)26-23(39-30)14-24(37-3)33-28(26)38-4/h5-14,20,22,25,27,35-36H,17H2,1-4H3/t22-,25-,27-,29+,30+/m1/s1. The summed E-state index contributed by atoms with van der Waals surface area (Å²) in [5.41, 5.74) is -1.25. The van der Waals surface area contributed by atoms with E-state index >= 15 is 0 Å². The van der Waals surface area contributed by atoms with Gasteiger partial charge in [0.25, 0.3) is 0 Å². The van der Waals surface area contributed by atoms with Crippen LogP contribution in [0.1, 0.15) is 34.1 Å². The maximum absolute atomic E-state index is 12.9. The van der Waals surface area contributed by atoms with Gasteiger partial charge >= 0.3 is 0 Å². The van der Waals surface area contributed by atoms with Crippen LogP contribution in [0, 0.1) is 28.6 Å². The summed E-state index contributed by atoms with van der Waals surface area (Å²) >= 11 is 0. The Bertz CT molecular complexity index is 1440. The molecule has 1 aliphatic carbocycles. The first-order valence-corrected chi connectivity index (χ1v) is 12.6. The third kappa shape index (κ3) is 3.74. The number of aromatic nitrogens is 1. The van der Waals surface area contributed by atoms with Crippen LogP contribution in [0.5, 0.6) is 17.5 Å². The minimum absolute atomic E-state index is 0.0933. The molecule has 0 saturated heterocycles. The molecule has 2 aliphatic rings. The van der Waals surface area contributed by atoms with Gasteiger partial charge in [0.2, 0.25) is 11.8 Å². The van der Waals surface area contributed by atoms with Gasteiger partial charge in [-0.1, -0.05) is 54.6 Å². The Kier molecular flexibility index (Phi) is 6.69. The lowest BCUT2D eigenvalue weighted by Crippen LogP contribution is -2.52. The molecular formula is C30H30N4O5. The van der Waals surface area contributed by atoms with E-state index < -0.39 is 35.1 Å². The number of aliphatic hydroxyl groups excluding tert-OH is 1. The number of aliphatic hydroxyl groups is 2. The van der Waals surface area contributed by atoms with Gasteiger partial charge in [0.05, 0.1) is 38.0 Å². The maximum Gasteiger partial charge on any atom is 0.226 e. The largest absolute Gasteiger partial charge is 0.481 e. The van der Waals surface area contributed by atoms with Gasteiger partial charge in [-0.25, -0.2) is 0 Å². The number of nitrogens with zero attached hydrogens (tertiary/aromatic N) is 4. The van der Waals surface area contributed by atoms with Gasteiger partial charge in [0, 0.05) is 24.4 Å². The predicted octanol–water partition coefficient (Wildman–Crippen LogP) is 3.04. The van der Waals surface area contributed by atoms with E-state index in [4.69, 9.17) is 14.2 Å². The molecule has 0 amide bonds. The Morgan fingerprint density at radius 1 is 1.05 bits per heavy atom. The lowest BCUT2D eigenvalue weighted by Gasteiger charge is -2.41. The molecule has 5 atom stereocenters. The third-order valence-corrected chi connectivity index (χ3v) is 7.91. The zero-order chi connectivity index (χ0) is 27.9. The summed E-state index contributed by atoms with van der Waals surface area (Å²) in [7, 11) is 6.75. The van der Waals surface area contributed by atoms with Gasteiger partial charge in [-0.2, -0.15) is 15.5 Å². The molecule has 0 unspecified atom stereocenters. The number of hydrogen-bond donors (Lipinski definition) is 2. The molecule has 1 fully saturated rings. The highest BCUT2D eigenvalue weighted by Gasteiger charge is 2.77. The van der Waals surface area contributed by atoms with Crippen molar-refractivity contribution < 1.29 is 24.4 Å². The molecule has 200 valence electrons. The van der Waals surface area contributed by atoms with E-state index in [1.165, 1.54) is 14.2 Å². The monoisotopic (exact) mass is 526 g/mol. The molecular weight excluding hydrogens is 496 g/mol. The van der Waals surface area contributed by atoms with Crippen molar-refractivity contribution in [2.75, 3.05) is 34.9 Å². The summed E-state index contributed by atoms with van der Waals surface area (Å²) in [4.78, 5) is 6.38. The fourth-order valence-electron chi connectivity index (χ4n) is 6.39. The Labute approximate surface area is 227 Å². The highest BCUT2D eigenvalue weighted by Crippen LogP contribution is 2.69. The number of ether oxygens (including phenoxy) is 3.